The standard InChI is InChI=1S/C8H15N5O/c1-9-5-8(14)10-4-2-3-7-11-6-12-13-7/h6,9H,2-5H2,1H3,(H,10,14)(H,11,12,13). The fraction of sp³-hybridized carbons (Fsp3) is 0.625. The van der Waals surface area contributed by atoms with Crippen LogP contribution in [0.15, 0.2) is 6.33 Å². The van der Waals surface area contributed by atoms with E-state index in [0.717, 1.165) is 18.7 Å². The predicted molar refractivity (Wildman–Crippen MR) is 51.6 cm³/mol. The van der Waals surface area contributed by atoms with Crippen LogP contribution >= 0.6 is 0 Å². The Kier molecular flexibility index (Phi) is 4.63. The zero-order chi connectivity index (χ0) is 10.2. The van der Waals surface area contributed by atoms with Crippen LogP contribution in [0.3, 0.4) is 0 Å². The summed E-state index contributed by atoms with van der Waals surface area (Å²) in [5, 5.41) is 12.1. The number of carbonyl (C=O) groups excluding carboxylic acids is 1. The molecular weight excluding hydrogens is 182 g/mol. The van der Waals surface area contributed by atoms with Crippen LogP contribution in [-0.2, 0) is 11.2 Å². The summed E-state index contributed by atoms with van der Waals surface area (Å²) >= 11 is 0. The average molecular weight is 197 g/mol. The van der Waals surface area contributed by atoms with Crippen molar-refractivity contribution in [2.45, 2.75) is 12.8 Å². The van der Waals surface area contributed by atoms with Gasteiger partial charge in [-0.2, -0.15) is 5.10 Å². The summed E-state index contributed by atoms with van der Waals surface area (Å²) in [7, 11) is 1.74. The van der Waals surface area contributed by atoms with E-state index in [2.05, 4.69) is 25.8 Å². The number of nitrogens with zero attached hydrogens (tertiary/aromatic N) is 2. The van der Waals surface area contributed by atoms with Crippen molar-refractivity contribution < 1.29 is 4.79 Å². The fourth-order valence-electron chi connectivity index (χ4n) is 1.06. The number of hydrogen-bond donors (Lipinski definition) is 3. The minimum Gasteiger partial charge on any atom is -0.355 e. The van der Waals surface area contributed by atoms with Crippen LogP contribution in [0, 0.1) is 0 Å². The molecule has 3 N–H and O–H groups in total. The Morgan fingerprint density at radius 1 is 1.64 bits per heavy atom. The Bertz CT molecular complexity index is 259. The maximum Gasteiger partial charge on any atom is 0.233 e. The predicted octanol–water partition coefficient (Wildman–Crippen LogP) is -0.927. The van der Waals surface area contributed by atoms with Gasteiger partial charge in [0.05, 0.1) is 6.54 Å². The van der Waals surface area contributed by atoms with E-state index in [1.807, 2.05) is 0 Å². The van der Waals surface area contributed by atoms with Crippen LogP contribution in [0.4, 0.5) is 0 Å². The molecule has 0 atom stereocenters. The third-order valence-electron chi connectivity index (χ3n) is 1.71. The van der Waals surface area contributed by atoms with Gasteiger partial charge in [0, 0.05) is 13.0 Å². The first-order valence-corrected chi connectivity index (χ1v) is 4.58. The molecule has 6 nitrogen and oxygen atoms in total. The maximum absolute atomic E-state index is 11.0. The van der Waals surface area contributed by atoms with E-state index in [9.17, 15) is 4.79 Å². The highest BCUT2D eigenvalue weighted by atomic mass is 16.1. The van der Waals surface area contributed by atoms with Gasteiger partial charge in [-0.3, -0.25) is 9.89 Å². The monoisotopic (exact) mass is 197 g/mol. The molecule has 0 aliphatic heterocycles. The van der Waals surface area contributed by atoms with E-state index < -0.39 is 0 Å². The molecule has 0 spiro atoms. The van der Waals surface area contributed by atoms with Crippen molar-refractivity contribution in [3.05, 3.63) is 12.2 Å². The summed E-state index contributed by atoms with van der Waals surface area (Å²) in [5.41, 5.74) is 0. The summed E-state index contributed by atoms with van der Waals surface area (Å²) in [6.07, 6.45) is 3.15. The summed E-state index contributed by atoms with van der Waals surface area (Å²) in [5.74, 6) is 0.873. The minimum atomic E-state index is 0.0186. The Balaban J connectivity index is 2.02. The molecule has 1 aromatic rings. The SMILES string of the molecule is CNCC(=O)NCCCc1ncn[nH]1. The molecular formula is C8H15N5O. The molecule has 1 heterocycles. The quantitative estimate of drug-likeness (QED) is 0.515. The molecule has 1 aromatic heterocycles. The van der Waals surface area contributed by atoms with E-state index in [-0.39, 0.29) is 5.91 Å². The van der Waals surface area contributed by atoms with Crippen LogP contribution < -0.4 is 10.6 Å². The third-order valence-corrected chi connectivity index (χ3v) is 1.71. The van der Waals surface area contributed by atoms with Crippen molar-refractivity contribution >= 4 is 5.91 Å². The van der Waals surface area contributed by atoms with Gasteiger partial charge in [0.15, 0.2) is 0 Å². The molecule has 0 fully saturated rings. The minimum absolute atomic E-state index is 0.0186. The lowest BCUT2D eigenvalue weighted by Gasteiger charge is -2.02. The number of likely N-dealkylation sites (N-methyl/N-ethyl adjacent to an activating group) is 1. The molecule has 6 heteroatoms. The maximum atomic E-state index is 11.0. The topological polar surface area (TPSA) is 82.7 Å². The number of rotatable bonds is 6. The van der Waals surface area contributed by atoms with Gasteiger partial charge in [0.25, 0.3) is 0 Å². The molecule has 0 aliphatic carbocycles. The zero-order valence-electron chi connectivity index (χ0n) is 8.21. The Hall–Kier alpha value is -1.43. The van der Waals surface area contributed by atoms with Crippen molar-refractivity contribution in [1.82, 2.24) is 25.8 Å². The second-order valence-electron chi connectivity index (χ2n) is 2.92. The van der Waals surface area contributed by atoms with Gasteiger partial charge >= 0.3 is 0 Å². The number of amides is 1. The highest BCUT2D eigenvalue weighted by molar-refractivity contribution is 5.77. The molecule has 0 radical (unpaired) electrons. The number of aromatic nitrogens is 3. The molecule has 78 valence electrons. The molecule has 0 aromatic carbocycles. The zero-order valence-corrected chi connectivity index (χ0v) is 8.21. The summed E-state index contributed by atoms with van der Waals surface area (Å²) in [4.78, 5) is 15.0. The van der Waals surface area contributed by atoms with Gasteiger partial charge in [0.1, 0.15) is 12.2 Å². The molecule has 0 saturated heterocycles. The van der Waals surface area contributed by atoms with E-state index >= 15 is 0 Å². The lowest BCUT2D eigenvalue weighted by atomic mass is 10.3. The summed E-state index contributed by atoms with van der Waals surface area (Å²) in [6, 6.07) is 0. The fourth-order valence-corrected chi connectivity index (χ4v) is 1.06. The van der Waals surface area contributed by atoms with Crippen molar-refractivity contribution in [3.63, 3.8) is 0 Å². The normalized spacial score (nSPS) is 10.1. The van der Waals surface area contributed by atoms with Crippen LogP contribution in [0.25, 0.3) is 0 Å². The van der Waals surface area contributed by atoms with Crippen molar-refractivity contribution in [3.8, 4) is 0 Å². The van der Waals surface area contributed by atoms with Crippen LogP contribution in [-0.4, -0.2) is 41.2 Å². The summed E-state index contributed by atoms with van der Waals surface area (Å²) in [6.45, 7) is 1.03. The first-order chi connectivity index (χ1) is 6.83. The Morgan fingerprint density at radius 3 is 3.14 bits per heavy atom. The number of carbonyl (C=O) groups is 1. The Morgan fingerprint density at radius 2 is 2.50 bits per heavy atom. The second-order valence-corrected chi connectivity index (χ2v) is 2.92. The highest BCUT2D eigenvalue weighted by Gasteiger charge is 1.98. The number of hydrogen-bond acceptors (Lipinski definition) is 4. The third kappa shape index (κ3) is 3.99. The van der Waals surface area contributed by atoms with Gasteiger partial charge in [-0.15, -0.1) is 0 Å². The van der Waals surface area contributed by atoms with E-state index in [1.54, 1.807) is 7.05 Å². The molecule has 0 bridgehead atoms. The number of nitrogens with one attached hydrogen (secondary N) is 3. The molecule has 1 rings (SSSR count). The van der Waals surface area contributed by atoms with E-state index in [1.165, 1.54) is 6.33 Å². The Labute approximate surface area is 82.5 Å². The molecule has 14 heavy (non-hydrogen) atoms. The van der Waals surface area contributed by atoms with Crippen molar-refractivity contribution in [1.29, 1.82) is 0 Å². The van der Waals surface area contributed by atoms with E-state index in [0.29, 0.717) is 13.1 Å². The van der Waals surface area contributed by atoms with Gasteiger partial charge in [-0.05, 0) is 13.5 Å². The first-order valence-electron chi connectivity index (χ1n) is 4.58. The molecule has 0 aliphatic rings. The van der Waals surface area contributed by atoms with Crippen molar-refractivity contribution in [2.24, 2.45) is 0 Å². The van der Waals surface area contributed by atoms with Gasteiger partial charge in [0.2, 0.25) is 5.91 Å². The summed E-state index contributed by atoms with van der Waals surface area (Å²) < 4.78 is 0. The van der Waals surface area contributed by atoms with Crippen LogP contribution in [0.2, 0.25) is 0 Å². The lowest BCUT2D eigenvalue weighted by Crippen LogP contribution is -2.32. The largest absolute Gasteiger partial charge is 0.355 e. The smallest absolute Gasteiger partial charge is 0.233 e. The average Bonchev–Trinajstić information content (AvgIpc) is 2.65. The lowest BCUT2D eigenvalue weighted by molar-refractivity contribution is -0.120. The van der Waals surface area contributed by atoms with E-state index in [4.69, 9.17) is 0 Å². The molecule has 0 saturated carbocycles. The number of H-pyrrole nitrogens is 1. The number of aryl methyl sites for hydroxylation is 1. The first kappa shape index (κ1) is 10.6. The number of aromatic amines is 1. The van der Waals surface area contributed by atoms with Gasteiger partial charge < -0.3 is 10.6 Å². The molecule has 1 amide bonds. The van der Waals surface area contributed by atoms with Gasteiger partial charge in [-0.1, -0.05) is 0 Å². The second kappa shape index (κ2) is 6.09. The van der Waals surface area contributed by atoms with Crippen LogP contribution in [0.5, 0.6) is 0 Å². The van der Waals surface area contributed by atoms with Crippen molar-refractivity contribution in [2.75, 3.05) is 20.1 Å². The van der Waals surface area contributed by atoms with Gasteiger partial charge in [-0.25, -0.2) is 4.98 Å². The van der Waals surface area contributed by atoms with Crippen LogP contribution in [0.1, 0.15) is 12.2 Å². The molecule has 0 unspecified atom stereocenters. The highest BCUT2D eigenvalue weighted by Crippen LogP contribution is 1.90.